The fourth-order valence-corrected chi connectivity index (χ4v) is 6.81. The molecule has 0 spiro atoms. The Morgan fingerprint density at radius 3 is 2.63 bits per heavy atom. The zero-order valence-corrected chi connectivity index (χ0v) is 19.0. The Morgan fingerprint density at radius 1 is 1.23 bits per heavy atom. The second kappa shape index (κ2) is 8.74. The molecule has 1 aliphatic carbocycles. The molecule has 0 aliphatic heterocycles. The maximum absolute atomic E-state index is 12.9. The fraction of sp³-hybridized carbons (Fsp3) is 0.524. The van der Waals surface area contributed by atoms with E-state index in [-0.39, 0.29) is 11.5 Å². The van der Waals surface area contributed by atoms with Crippen molar-refractivity contribution in [3.05, 3.63) is 29.4 Å². The quantitative estimate of drug-likeness (QED) is 0.566. The van der Waals surface area contributed by atoms with Crippen LogP contribution >= 0.6 is 11.3 Å². The van der Waals surface area contributed by atoms with Crippen LogP contribution in [-0.4, -0.2) is 52.1 Å². The third-order valence-electron chi connectivity index (χ3n) is 5.83. The molecule has 4 rings (SSSR count). The lowest BCUT2D eigenvalue weighted by atomic mass is 10.1. The summed E-state index contributed by atoms with van der Waals surface area (Å²) in [6.45, 7) is 4.88. The standard InChI is InChI=1S/C21H28N4O3S2/c1-3-24(4-2)30(27,28)16-9-10-18-17(13-16)23-20(25(18)11-12-26)19-14-22-21(29-19)15-7-5-6-8-15/h9-10,13-15,26H,3-8,11-12H2,1-2H3. The summed E-state index contributed by atoms with van der Waals surface area (Å²) in [5.41, 5.74) is 1.43. The van der Waals surface area contributed by atoms with E-state index in [0.29, 0.717) is 31.1 Å². The summed E-state index contributed by atoms with van der Waals surface area (Å²) >= 11 is 1.66. The van der Waals surface area contributed by atoms with E-state index >= 15 is 0 Å². The highest BCUT2D eigenvalue weighted by Crippen LogP contribution is 2.39. The van der Waals surface area contributed by atoms with Crippen LogP contribution in [0, 0.1) is 0 Å². The van der Waals surface area contributed by atoms with Crippen molar-refractivity contribution in [1.29, 1.82) is 0 Å². The maximum Gasteiger partial charge on any atom is 0.243 e. The summed E-state index contributed by atoms with van der Waals surface area (Å²) in [5.74, 6) is 1.27. The molecule has 1 aliphatic rings. The average molecular weight is 449 g/mol. The van der Waals surface area contributed by atoms with Crippen LogP contribution in [0.4, 0.5) is 0 Å². The first-order valence-corrected chi connectivity index (χ1v) is 12.8. The summed E-state index contributed by atoms with van der Waals surface area (Å²) in [4.78, 5) is 10.6. The molecule has 0 amide bonds. The zero-order valence-electron chi connectivity index (χ0n) is 17.4. The number of rotatable bonds is 8. The van der Waals surface area contributed by atoms with Gasteiger partial charge < -0.3 is 9.67 Å². The molecule has 0 bridgehead atoms. The average Bonchev–Trinajstić information content (AvgIpc) is 3.48. The summed E-state index contributed by atoms with van der Waals surface area (Å²) in [6, 6.07) is 5.06. The van der Waals surface area contributed by atoms with Gasteiger partial charge in [0.1, 0.15) is 0 Å². The summed E-state index contributed by atoms with van der Waals surface area (Å²) < 4.78 is 29.2. The molecule has 9 heteroatoms. The van der Waals surface area contributed by atoms with Crippen molar-refractivity contribution >= 4 is 32.4 Å². The van der Waals surface area contributed by atoms with Gasteiger partial charge in [-0.05, 0) is 31.0 Å². The van der Waals surface area contributed by atoms with Gasteiger partial charge in [-0.3, -0.25) is 0 Å². The molecule has 1 saturated carbocycles. The number of aliphatic hydroxyl groups excluding tert-OH is 1. The highest BCUT2D eigenvalue weighted by Gasteiger charge is 2.25. The van der Waals surface area contributed by atoms with Crippen LogP contribution in [0.1, 0.15) is 50.5 Å². The van der Waals surface area contributed by atoms with Crippen molar-refractivity contribution in [2.24, 2.45) is 0 Å². The Labute approximate surface area is 181 Å². The second-order valence-electron chi connectivity index (χ2n) is 7.59. The van der Waals surface area contributed by atoms with E-state index in [1.165, 1.54) is 30.0 Å². The molecule has 1 fully saturated rings. The molecule has 162 valence electrons. The van der Waals surface area contributed by atoms with Gasteiger partial charge in [-0.2, -0.15) is 4.31 Å². The first kappa shape index (κ1) is 21.4. The van der Waals surface area contributed by atoms with Crippen molar-refractivity contribution in [3.8, 4) is 10.7 Å². The van der Waals surface area contributed by atoms with Gasteiger partial charge in [0, 0.05) is 31.7 Å². The number of thiazole rings is 1. The molecule has 30 heavy (non-hydrogen) atoms. The molecular weight excluding hydrogens is 420 g/mol. The number of imidazole rings is 1. The van der Waals surface area contributed by atoms with E-state index in [2.05, 4.69) is 4.98 Å². The number of fused-ring (bicyclic) bond motifs is 1. The SMILES string of the molecule is CCN(CC)S(=O)(=O)c1ccc2c(c1)nc(-c1cnc(C3CCCC3)s1)n2CCO. The largest absolute Gasteiger partial charge is 0.395 e. The maximum atomic E-state index is 12.9. The Morgan fingerprint density at radius 2 is 1.97 bits per heavy atom. The molecule has 0 saturated heterocycles. The minimum absolute atomic E-state index is 0.0216. The number of aliphatic hydroxyl groups is 1. The van der Waals surface area contributed by atoms with Crippen LogP contribution in [0.5, 0.6) is 0 Å². The van der Waals surface area contributed by atoms with Crippen LogP contribution < -0.4 is 0 Å². The van der Waals surface area contributed by atoms with Gasteiger partial charge in [-0.1, -0.05) is 26.7 Å². The van der Waals surface area contributed by atoms with Crippen molar-refractivity contribution in [2.45, 2.75) is 56.9 Å². The molecule has 0 unspecified atom stereocenters. The lowest BCUT2D eigenvalue weighted by Gasteiger charge is -2.18. The molecule has 2 aromatic heterocycles. The lowest BCUT2D eigenvalue weighted by Crippen LogP contribution is -2.30. The van der Waals surface area contributed by atoms with Gasteiger partial charge in [0.15, 0.2) is 5.82 Å². The Bertz CT molecular complexity index is 1130. The van der Waals surface area contributed by atoms with E-state index in [1.54, 1.807) is 29.5 Å². The first-order chi connectivity index (χ1) is 14.5. The molecule has 1 N–H and O–H groups in total. The van der Waals surface area contributed by atoms with Crippen LogP contribution in [0.15, 0.2) is 29.3 Å². The highest BCUT2D eigenvalue weighted by molar-refractivity contribution is 7.89. The molecule has 0 atom stereocenters. The monoisotopic (exact) mass is 448 g/mol. The minimum Gasteiger partial charge on any atom is -0.395 e. The minimum atomic E-state index is -3.56. The molecular formula is C21H28N4O3S2. The third kappa shape index (κ3) is 3.79. The smallest absolute Gasteiger partial charge is 0.243 e. The Kier molecular flexibility index (Phi) is 6.24. The van der Waals surface area contributed by atoms with Gasteiger partial charge in [0.25, 0.3) is 0 Å². The van der Waals surface area contributed by atoms with Crippen LogP contribution in [0.3, 0.4) is 0 Å². The van der Waals surface area contributed by atoms with E-state index in [4.69, 9.17) is 4.98 Å². The van der Waals surface area contributed by atoms with Crippen molar-refractivity contribution in [2.75, 3.05) is 19.7 Å². The number of hydrogen-bond donors (Lipinski definition) is 1. The van der Waals surface area contributed by atoms with Crippen LogP contribution in [-0.2, 0) is 16.6 Å². The van der Waals surface area contributed by atoms with Gasteiger partial charge in [0.05, 0.1) is 32.4 Å². The van der Waals surface area contributed by atoms with E-state index in [1.807, 2.05) is 24.6 Å². The summed E-state index contributed by atoms with van der Waals surface area (Å²) in [7, 11) is -3.56. The van der Waals surface area contributed by atoms with Crippen molar-refractivity contribution < 1.29 is 13.5 Å². The number of nitrogens with zero attached hydrogens (tertiary/aromatic N) is 4. The fourth-order valence-electron chi connectivity index (χ4n) is 4.25. The molecule has 3 aromatic rings. The molecule has 0 radical (unpaired) electrons. The normalized spacial score (nSPS) is 15.6. The first-order valence-electron chi connectivity index (χ1n) is 10.6. The molecule has 2 heterocycles. The zero-order chi connectivity index (χ0) is 21.3. The predicted molar refractivity (Wildman–Crippen MR) is 119 cm³/mol. The number of sulfonamides is 1. The molecule has 7 nitrogen and oxygen atoms in total. The topological polar surface area (TPSA) is 88.3 Å². The predicted octanol–water partition coefficient (Wildman–Crippen LogP) is 3.84. The van der Waals surface area contributed by atoms with Crippen LogP contribution in [0.2, 0.25) is 0 Å². The summed E-state index contributed by atoms with van der Waals surface area (Å²) in [5, 5.41) is 10.8. The van der Waals surface area contributed by atoms with Crippen molar-refractivity contribution in [1.82, 2.24) is 18.8 Å². The number of benzene rings is 1. The van der Waals surface area contributed by atoms with Crippen LogP contribution in [0.25, 0.3) is 21.7 Å². The van der Waals surface area contributed by atoms with E-state index < -0.39 is 10.0 Å². The van der Waals surface area contributed by atoms with E-state index in [0.717, 1.165) is 21.2 Å². The Hall–Kier alpha value is -1.81. The lowest BCUT2D eigenvalue weighted by molar-refractivity contribution is 0.278. The van der Waals surface area contributed by atoms with Gasteiger partial charge in [-0.15, -0.1) is 11.3 Å². The second-order valence-corrected chi connectivity index (χ2v) is 10.6. The van der Waals surface area contributed by atoms with E-state index in [9.17, 15) is 13.5 Å². The van der Waals surface area contributed by atoms with Gasteiger partial charge in [-0.25, -0.2) is 18.4 Å². The highest BCUT2D eigenvalue weighted by atomic mass is 32.2. The Balaban J connectivity index is 1.78. The van der Waals surface area contributed by atoms with Crippen molar-refractivity contribution in [3.63, 3.8) is 0 Å². The number of hydrogen-bond acceptors (Lipinski definition) is 6. The molecule has 1 aromatic carbocycles. The summed E-state index contributed by atoms with van der Waals surface area (Å²) in [6.07, 6.45) is 6.75. The third-order valence-corrected chi connectivity index (χ3v) is 9.04. The number of aromatic nitrogens is 3. The van der Waals surface area contributed by atoms with Gasteiger partial charge >= 0.3 is 0 Å². The van der Waals surface area contributed by atoms with Gasteiger partial charge in [0.2, 0.25) is 10.0 Å².